The van der Waals surface area contributed by atoms with Gasteiger partial charge in [0, 0.05) is 11.6 Å². The molecule has 0 aromatic heterocycles. The number of ether oxygens (including phenoxy) is 2. The Morgan fingerprint density at radius 1 is 1.10 bits per heavy atom. The van der Waals surface area contributed by atoms with Gasteiger partial charge >= 0.3 is 0 Å². The van der Waals surface area contributed by atoms with Gasteiger partial charge in [-0.15, -0.1) is 0 Å². The molecule has 0 spiro atoms. The van der Waals surface area contributed by atoms with Crippen molar-refractivity contribution in [1.82, 2.24) is 0 Å². The van der Waals surface area contributed by atoms with Gasteiger partial charge in [-0.25, -0.2) is 0 Å². The fourth-order valence-electron chi connectivity index (χ4n) is 1.68. The Morgan fingerprint density at radius 2 is 1.70 bits per heavy atom. The highest BCUT2D eigenvalue weighted by Gasteiger charge is 2.06. The summed E-state index contributed by atoms with van der Waals surface area (Å²) >= 11 is 6.04. The molecule has 0 radical (unpaired) electrons. The molecule has 0 unspecified atom stereocenters. The summed E-state index contributed by atoms with van der Waals surface area (Å²) in [6.07, 6.45) is 0. The van der Waals surface area contributed by atoms with Gasteiger partial charge in [-0.1, -0.05) is 11.6 Å². The van der Waals surface area contributed by atoms with Gasteiger partial charge in [-0.3, -0.25) is 5.41 Å². The molecule has 0 aliphatic rings. The van der Waals surface area contributed by atoms with E-state index in [4.69, 9.17) is 32.2 Å². The Morgan fingerprint density at radius 3 is 2.25 bits per heavy atom. The van der Waals surface area contributed by atoms with Crippen LogP contribution in [-0.2, 0) is 0 Å². The lowest BCUT2D eigenvalue weighted by molar-refractivity contribution is 0.339. The summed E-state index contributed by atoms with van der Waals surface area (Å²) in [5, 5.41) is 7.76. The van der Waals surface area contributed by atoms with E-state index in [0.717, 1.165) is 5.75 Å². The average molecular weight is 291 g/mol. The van der Waals surface area contributed by atoms with Crippen LogP contribution in [0, 0.1) is 5.41 Å². The lowest BCUT2D eigenvalue weighted by Gasteiger charge is -2.09. The van der Waals surface area contributed by atoms with Crippen molar-refractivity contribution >= 4 is 17.4 Å². The second-order valence-electron chi connectivity index (χ2n) is 4.06. The monoisotopic (exact) mass is 290 g/mol. The van der Waals surface area contributed by atoms with Gasteiger partial charge in [0.1, 0.15) is 23.1 Å². The molecule has 0 saturated carbocycles. The van der Waals surface area contributed by atoms with Crippen molar-refractivity contribution in [3.05, 3.63) is 53.1 Å². The van der Waals surface area contributed by atoms with Crippen LogP contribution in [0.15, 0.2) is 42.5 Å². The highest BCUT2D eigenvalue weighted by molar-refractivity contribution is 6.34. The number of nitrogens with two attached hydrogens (primary N) is 1. The van der Waals surface area contributed by atoms with Crippen LogP contribution in [0.25, 0.3) is 0 Å². The van der Waals surface area contributed by atoms with Gasteiger partial charge in [-0.05, 0) is 43.3 Å². The third-order valence-electron chi connectivity index (χ3n) is 2.60. The van der Waals surface area contributed by atoms with Crippen molar-refractivity contribution in [2.75, 3.05) is 6.61 Å². The molecule has 2 aromatic rings. The molecule has 0 fully saturated rings. The molecular weight excluding hydrogens is 276 g/mol. The molecule has 0 amide bonds. The first-order chi connectivity index (χ1) is 9.60. The van der Waals surface area contributed by atoms with Crippen LogP contribution in [0.4, 0.5) is 0 Å². The zero-order chi connectivity index (χ0) is 14.5. The van der Waals surface area contributed by atoms with Gasteiger partial charge in [0.2, 0.25) is 0 Å². The molecule has 2 aromatic carbocycles. The molecule has 0 aliphatic heterocycles. The second kappa shape index (κ2) is 6.30. The molecule has 0 heterocycles. The van der Waals surface area contributed by atoms with Crippen LogP contribution in [0.1, 0.15) is 12.5 Å². The van der Waals surface area contributed by atoms with E-state index in [2.05, 4.69) is 0 Å². The molecule has 0 bridgehead atoms. The number of amidine groups is 1. The number of hydrogen-bond donors (Lipinski definition) is 2. The highest BCUT2D eigenvalue weighted by atomic mass is 35.5. The molecule has 0 atom stereocenters. The lowest BCUT2D eigenvalue weighted by atomic mass is 10.2. The summed E-state index contributed by atoms with van der Waals surface area (Å²) in [4.78, 5) is 0. The molecule has 5 heteroatoms. The summed E-state index contributed by atoms with van der Waals surface area (Å²) in [5.74, 6) is 2.00. The molecule has 3 N–H and O–H groups in total. The molecule has 104 valence electrons. The van der Waals surface area contributed by atoms with Crippen molar-refractivity contribution in [3.63, 3.8) is 0 Å². The standard InChI is InChI=1S/C15H15ClN2O2/c1-2-19-10-3-5-11(6-4-10)20-12-7-8-13(15(17)18)14(16)9-12/h3-9H,2H2,1H3,(H3,17,18). The minimum atomic E-state index is -0.0670. The van der Waals surface area contributed by atoms with Crippen LogP contribution in [-0.4, -0.2) is 12.4 Å². The molecule has 0 saturated heterocycles. The van der Waals surface area contributed by atoms with Crippen molar-refractivity contribution in [3.8, 4) is 17.2 Å². The van der Waals surface area contributed by atoms with Gasteiger partial charge in [-0.2, -0.15) is 0 Å². The van der Waals surface area contributed by atoms with Crippen LogP contribution in [0.3, 0.4) is 0 Å². The van der Waals surface area contributed by atoms with E-state index in [1.807, 2.05) is 31.2 Å². The number of halogens is 1. The maximum absolute atomic E-state index is 7.37. The number of benzene rings is 2. The first-order valence-electron chi connectivity index (χ1n) is 6.15. The number of hydrogen-bond acceptors (Lipinski definition) is 3. The molecule has 4 nitrogen and oxygen atoms in total. The molecular formula is C15H15ClN2O2. The van der Waals surface area contributed by atoms with E-state index in [1.165, 1.54) is 0 Å². The highest BCUT2D eigenvalue weighted by Crippen LogP contribution is 2.27. The van der Waals surface area contributed by atoms with Crippen molar-refractivity contribution < 1.29 is 9.47 Å². The second-order valence-corrected chi connectivity index (χ2v) is 4.47. The van der Waals surface area contributed by atoms with Crippen molar-refractivity contribution in [2.24, 2.45) is 5.73 Å². The molecule has 20 heavy (non-hydrogen) atoms. The van der Waals surface area contributed by atoms with Gasteiger partial charge in [0.05, 0.1) is 11.6 Å². The predicted molar refractivity (Wildman–Crippen MR) is 80.2 cm³/mol. The minimum Gasteiger partial charge on any atom is -0.494 e. The van der Waals surface area contributed by atoms with E-state index >= 15 is 0 Å². The van der Waals surface area contributed by atoms with Crippen LogP contribution in [0.5, 0.6) is 17.2 Å². The maximum atomic E-state index is 7.37. The van der Waals surface area contributed by atoms with E-state index in [-0.39, 0.29) is 5.84 Å². The summed E-state index contributed by atoms with van der Waals surface area (Å²) < 4.78 is 11.0. The fraction of sp³-hybridized carbons (Fsp3) is 0.133. The van der Waals surface area contributed by atoms with Gasteiger partial charge < -0.3 is 15.2 Å². The topological polar surface area (TPSA) is 68.3 Å². The zero-order valence-corrected chi connectivity index (χ0v) is 11.8. The Hall–Kier alpha value is -2.20. The summed E-state index contributed by atoms with van der Waals surface area (Å²) in [6.45, 7) is 2.56. The third-order valence-corrected chi connectivity index (χ3v) is 2.91. The first-order valence-corrected chi connectivity index (χ1v) is 6.52. The molecule has 2 rings (SSSR count). The van der Waals surface area contributed by atoms with E-state index in [1.54, 1.807) is 18.2 Å². The number of nitrogen functional groups attached to an aromatic ring is 1. The average Bonchev–Trinajstić information content (AvgIpc) is 2.41. The predicted octanol–water partition coefficient (Wildman–Crippen LogP) is 3.82. The summed E-state index contributed by atoms with van der Waals surface area (Å²) in [6, 6.07) is 12.3. The summed E-state index contributed by atoms with van der Waals surface area (Å²) in [7, 11) is 0. The Balaban J connectivity index is 2.13. The minimum absolute atomic E-state index is 0.0670. The van der Waals surface area contributed by atoms with Crippen LogP contribution >= 0.6 is 11.6 Å². The van der Waals surface area contributed by atoms with E-state index < -0.39 is 0 Å². The van der Waals surface area contributed by atoms with Gasteiger partial charge in [0.25, 0.3) is 0 Å². The Kier molecular flexibility index (Phi) is 4.48. The zero-order valence-electron chi connectivity index (χ0n) is 11.0. The van der Waals surface area contributed by atoms with Gasteiger partial charge in [0.15, 0.2) is 0 Å². The SMILES string of the molecule is CCOc1ccc(Oc2ccc(C(=N)N)c(Cl)c2)cc1. The number of nitrogens with one attached hydrogen (secondary N) is 1. The first kappa shape index (κ1) is 14.2. The summed E-state index contributed by atoms with van der Waals surface area (Å²) in [5.41, 5.74) is 5.90. The largest absolute Gasteiger partial charge is 0.494 e. The lowest BCUT2D eigenvalue weighted by Crippen LogP contribution is -2.11. The van der Waals surface area contributed by atoms with E-state index in [0.29, 0.717) is 28.7 Å². The normalized spacial score (nSPS) is 10.1. The Bertz CT molecular complexity index is 612. The van der Waals surface area contributed by atoms with Crippen molar-refractivity contribution in [2.45, 2.75) is 6.92 Å². The number of rotatable bonds is 5. The Labute approximate surface area is 122 Å². The maximum Gasteiger partial charge on any atom is 0.128 e. The fourth-order valence-corrected chi connectivity index (χ4v) is 1.96. The smallest absolute Gasteiger partial charge is 0.128 e. The quantitative estimate of drug-likeness (QED) is 0.650. The third kappa shape index (κ3) is 3.42. The van der Waals surface area contributed by atoms with Crippen molar-refractivity contribution in [1.29, 1.82) is 5.41 Å². The molecule has 0 aliphatic carbocycles. The van der Waals surface area contributed by atoms with Crippen LogP contribution in [0.2, 0.25) is 5.02 Å². The van der Waals surface area contributed by atoms with Crippen LogP contribution < -0.4 is 15.2 Å². The van der Waals surface area contributed by atoms with E-state index in [9.17, 15) is 0 Å².